The van der Waals surface area contributed by atoms with E-state index in [0.717, 1.165) is 23.1 Å². The fourth-order valence-electron chi connectivity index (χ4n) is 2.94. The Morgan fingerprint density at radius 3 is 2.93 bits per heavy atom. The molecular formula is C20H25N6O2+. The quantitative estimate of drug-likeness (QED) is 0.704. The largest absolute Gasteiger partial charge is 0.387 e. The monoisotopic (exact) mass is 381 g/mol. The molecule has 8 heteroatoms. The average Bonchev–Trinajstić information content (AvgIpc) is 2.88. The summed E-state index contributed by atoms with van der Waals surface area (Å²) in [6.45, 7) is 3.09. The predicted molar refractivity (Wildman–Crippen MR) is 107 cm³/mol. The van der Waals surface area contributed by atoms with Crippen LogP contribution in [0, 0.1) is 0 Å². The molecule has 5 N–H and O–H groups in total. The zero-order valence-electron chi connectivity index (χ0n) is 15.9. The molecule has 3 rings (SSSR count). The second-order valence-corrected chi connectivity index (χ2v) is 6.43. The average molecular weight is 381 g/mol. The van der Waals surface area contributed by atoms with Crippen molar-refractivity contribution in [3.05, 3.63) is 48.1 Å². The summed E-state index contributed by atoms with van der Waals surface area (Å²) in [7, 11) is 0. The minimum Gasteiger partial charge on any atom is -0.387 e. The van der Waals surface area contributed by atoms with Gasteiger partial charge in [-0.2, -0.15) is 0 Å². The molecule has 1 aliphatic heterocycles. The molecule has 0 unspecified atom stereocenters. The Labute approximate surface area is 163 Å². The number of aromatic amines is 1. The summed E-state index contributed by atoms with van der Waals surface area (Å²) in [5.41, 5.74) is 15.6. The first kappa shape index (κ1) is 19.7. The molecule has 8 nitrogen and oxygen atoms in total. The Hall–Kier alpha value is -3.10. The molecule has 0 saturated heterocycles. The number of carbonyl (C=O) groups excluding carboxylic acids is 1. The SMILES string of the molecule is CCCN(OCCN)C(=O)C1=Cc2ccc(-c3cnc[nH+]c3)cc2N=C(N)C1. The van der Waals surface area contributed by atoms with E-state index in [2.05, 4.69) is 15.0 Å². The number of aliphatic imine (C=N–C) groups is 1. The fourth-order valence-corrected chi connectivity index (χ4v) is 2.94. The van der Waals surface area contributed by atoms with Gasteiger partial charge in [0.1, 0.15) is 5.84 Å². The van der Waals surface area contributed by atoms with Gasteiger partial charge in [-0.3, -0.25) is 9.63 Å². The van der Waals surface area contributed by atoms with Crippen molar-refractivity contribution in [1.29, 1.82) is 0 Å². The van der Waals surface area contributed by atoms with Crippen LogP contribution in [0.5, 0.6) is 0 Å². The van der Waals surface area contributed by atoms with Gasteiger partial charge in [0, 0.05) is 30.6 Å². The van der Waals surface area contributed by atoms with Crippen LogP contribution in [0.4, 0.5) is 5.69 Å². The van der Waals surface area contributed by atoms with Crippen LogP contribution in [0.1, 0.15) is 25.3 Å². The summed E-state index contributed by atoms with van der Waals surface area (Å²) < 4.78 is 0. The van der Waals surface area contributed by atoms with Crippen molar-refractivity contribution >= 4 is 23.5 Å². The van der Waals surface area contributed by atoms with E-state index in [0.29, 0.717) is 30.2 Å². The third-order valence-corrected chi connectivity index (χ3v) is 4.22. The zero-order valence-corrected chi connectivity index (χ0v) is 15.9. The third kappa shape index (κ3) is 4.59. The van der Waals surface area contributed by atoms with Crippen LogP contribution < -0.4 is 16.5 Å². The number of fused-ring (bicyclic) bond motifs is 1. The Bertz CT molecular complexity index is 895. The van der Waals surface area contributed by atoms with Crippen LogP contribution in [0.2, 0.25) is 0 Å². The number of aromatic nitrogens is 2. The Kier molecular flexibility index (Phi) is 6.46. The Balaban J connectivity index is 1.93. The number of nitrogens with one attached hydrogen (secondary N) is 1. The molecule has 1 aliphatic rings. The molecule has 2 heterocycles. The number of carbonyl (C=O) groups is 1. The molecule has 0 radical (unpaired) electrons. The summed E-state index contributed by atoms with van der Waals surface area (Å²) in [5.74, 6) is 0.163. The molecule has 0 saturated carbocycles. The first-order valence-corrected chi connectivity index (χ1v) is 9.26. The van der Waals surface area contributed by atoms with Crippen LogP contribution >= 0.6 is 0 Å². The molecule has 146 valence electrons. The Morgan fingerprint density at radius 1 is 1.36 bits per heavy atom. The lowest BCUT2D eigenvalue weighted by Gasteiger charge is -2.22. The molecule has 0 bridgehead atoms. The number of hydroxylamine groups is 2. The summed E-state index contributed by atoms with van der Waals surface area (Å²) in [6, 6.07) is 5.83. The van der Waals surface area contributed by atoms with E-state index in [4.69, 9.17) is 16.3 Å². The van der Waals surface area contributed by atoms with E-state index in [1.54, 1.807) is 12.5 Å². The summed E-state index contributed by atoms with van der Waals surface area (Å²) in [5, 5.41) is 1.36. The number of rotatable bonds is 7. The van der Waals surface area contributed by atoms with Gasteiger partial charge < -0.3 is 11.5 Å². The molecule has 0 spiro atoms. The normalized spacial score (nSPS) is 13.2. The van der Waals surface area contributed by atoms with Gasteiger partial charge in [-0.05, 0) is 24.1 Å². The van der Waals surface area contributed by atoms with Crippen LogP contribution in [0.3, 0.4) is 0 Å². The highest BCUT2D eigenvalue weighted by Gasteiger charge is 2.22. The van der Waals surface area contributed by atoms with Crippen molar-refractivity contribution in [3.8, 4) is 11.1 Å². The minimum absolute atomic E-state index is 0.216. The van der Waals surface area contributed by atoms with Gasteiger partial charge in [-0.15, -0.1) is 0 Å². The molecule has 0 aliphatic carbocycles. The second kappa shape index (κ2) is 9.20. The van der Waals surface area contributed by atoms with Gasteiger partial charge in [0.2, 0.25) is 0 Å². The van der Waals surface area contributed by atoms with Crippen molar-refractivity contribution in [1.82, 2.24) is 10.0 Å². The molecule has 2 aromatic rings. The topological polar surface area (TPSA) is 121 Å². The standard InChI is InChI=1S/C20H24N6O2/c1-2-6-26(28-7-5-21)20(27)16-8-15-4-3-14(17-11-23-13-24-12-17)9-18(15)25-19(22)10-16/h3-4,8-9,11-13H,2,5-7,10,21H2,1H3,(H2,22,25)/p+1. The number of nitrogens with zero attached hydrogens (tertiary/aromatic N) is 3. The van der Waals surface area contributed by atoms with Gasteiger partial charge in [0.15, 0.2) is 6.20 Å². The van der Waals surface area contributed by atoms with Crippen LogP contribution in [-0.2, 0) is 9.63 Å². The summed E-state index contributed by atoms with van der Waals surface area (Å²) in [6.07, 6.45) is 8.10. The predicted octanol–water partition coefficient (Wildman–Crippen LogP) is 1.47. The van der Waals surface area contributed by atoms with E-state index in [-0.39, 0.29) is 18.9 Å². The lowest BCUT2D eigenvalue weighted by molar-refractivity contribution is -0.382. The maximum Gasteiger partial charge on any atom is 0.283 e. The molecule has 0 fully saturated rings. The first-order valence-electron chi connectivity index (χ1n) is 9.26. The molecule has 28 heavy (non-hydrogen) atoms. The van der Waals surface area contributed by atoms with Crippen molar-refractivity contribution in [2.75, 3.05) is 19.7 Å². The molecule has 1 amide bonds. The van der Waals surface area contributed by atoms with Gasteiger partial charge >= 0.3 is 0 Å². The van der Waals surface area contributed by atoms with Crippen LogP contribution in [-0.4, -0.2) is 41.5 Å². The van der Waals surface area contributed by atoms with Crippen molar-refractivity contribution < 1.29 is 14.6 Å². The number of benzene rings is 1. The second-order valence-electron chi connectivity index (χ2n) is 6.43. The van der Waals surface area contributed by atoms with Crippen molar-refractivity contribution in [2.24, 2.45) is 16.5 Å². The fraction of sp³-hybridized carbons (Fsp3) is 0.300. The van der Waals surface area contributed by atoms with Gasteiger partial charge in [-0.25, -0.2) is 15.0 Å². The highest BCUT2D eigenvalue weighted by atomic mass is 16.7. The van der Waals surface area contributed by atoms with Crippen molar-refractivity contribution in [2.45, 2.75) is 19.8 Å². The van der Waals surface area contributed by atoms with Crippen molar-refractivity contribution in [3.63, 3.8) is 0 Å². The zero-order chi connectivity index (χ0) is 19.9. The van der Waals surface area contributed by atoms with E-state index in [1.807, 2.05) is 37.4 Å². The number of H-pyrrole nitrogens is 1. The Morgan fingerprint density at radius 2 is 2.21 bits per heavy atom. The van der Waals surface area contributed by atoms with Gasteiger partial charge in [-0.1, -0.05) is 24.0 Å². The molecular weight excluding hydrogens is 356 g/mol. The lowest BCUT2D eigenvalue weighted by atomic mass is 10.0. The third-order valence-electron chi connectivity index (χ3n) is 4.22. The molecule has 0 atom stereocenters. The minimum atomic E-state index is -0.216. The first-order chi connectivity index (χ1) is 13.6. The van der Waals surface area contributed by atoms with E-state index >= 15 is 0 Å². The summed E-state index contributed by atoms with van der Waals surface area (Å²) in [4.78, 5) is 30.0. The van der Waals surface area contributed by atoms with E-state index in [1.165, 1.54) is 5.06 Å². The van der Waals surface area contributed by atoms with E-state index < -0.39 is 0 Å². The van der Waals surface area contributed by atoms with E-state index in [9.17, 15) is 4.79 Å². The number of hydrogen-bond donors (Lipinski definition) is 2. The van der Waals surface area contributed by atoms with Gasteiger partial charge in [0.25, 0.3) is 12.2 Å². The number of amidine groups is 1. The van der Waals surface area contributed by atoms with Crippen LogP contribution in [0.15, 0.2) is 47.5 Å². The highest BCUT2D eigenvalue weighted by Crippen LogP contribution is 2.31. The van der Waals surface area contributed by atoms with Crippen LogP contribution in [0.25, 0.3) is 17.2 Å². The maximum absolute atomic E-state index is 13.0. The molecule has 1 aromatic carbocycles. The number of nitrogens with two attached hydrogens (primary N) is 2. The maximum atomic E-state index is 13.0. The number of amides is 1. The van der Waals surface area contributed by atoms with Gasteiger partial charge in [0.05, 0.1) is 24.1 Å². The summed E-state index contributed by atoms with van der Waals surface area (Å²) >= 11 is 0. The number of hydrogen-bond acceptors (Lipinski definition) is 6. The highest BCUT2D eigenvalue weighted by molar-refractivity contribution is 6.05. The smallest absolute Gasteiger partial charge is 0.283 e. The lowest BCUT2D eigenvalue weighted by Crippen LogP contribution is -2.35. The molecule has 1 aromatic heterocycles.